The van der Waals surface area contributed by atoms with E-state index in [1.807, 2.05) is 0 Å². The number of halogens is 4. The molecule has 5 heteroatoms. The Kier molecular flexibility index (Phi) is 2.45. The Morgan fingerprint density at radius 3 is 2.31 bits per heavy atom. The van der Waals surface area contributed by atoms with Crippen molar-refractivity contribution >= 4 is 5.69 Å². The number of rotatable bonds is 1. The highest BCUT2D eigenvalue weighted by atomic mass is 19.4. The minimum atomic E-state index is -4.48. The average molecular weight is 193 g/mol. The van der Waals surface area contributed by atoms with Crippen LogP contribution in [0, 0.1) is 5.82 Å². The number of hydrogen-bond donors (Lipinski definition) is 0. The van der Waals surface area contributed by atoms with Gasteiger partial charge in [0.1, 0.15) is 5.82 Å². The van der Waals surface area contributed by atoms with Gasteiger partial charge in [0, 0.05) is 12.7 Å². The molecule has 0 amide bonds. The predicted molar refractivity (Wildman–Crippen MR) is 40.9 cm³/mol. The quantitative estimate of drug-likeness (QED) is 0.489. The summed E-state index contributed by atoms with van der Waals surface area (Å²) in [6.45, 7) is 0. The van der Waals surface area contributed by atoms with Crippen LogP contribution in [0.5, 0.6) is 0 Å². The molecule has 0 atom stereocenters. The highest BCUT2D eigenvalue weighted by Crippen LogP contribution is 2.26. The van der Waals surface area contributed by atoms with Gasteiger partial charge in [0.05, 0.1) is 0 Å². The van der Waals surface area contributed by atoms with E-state index in [9.17, 15) is 17.6 Å². The fourth-order valence-electron chi connectivity index (χ4n) is 0.831. The number of hydrogen-bond acceptors (Lipinski definition) is 1. The van der Waals surface area contributed by atoms with E-state index in [1.165, 1.54) is 12.1 Å². The number of nitrogens with zero attached hydrogens (tertiary/aromatic N) is 1. The molecule has 0 spiro atoms. The molecule has 0 N–H and O–H groups in total. The molecule has 72 valence electrons. The van der Waals surface area contributed by atoms with Crippen LogP contribution in [0.1, 0.15) is 0 Å². The molecule has 0 saturated heterocycles. The lowest BCUT2D eigenvalue weighted by Crippen LogP contribution is -2.33. The van der Waals surface area contributed by atoms with Crippen LogP contribution in [0.2, 0.25) is 0 Å². The van der Waals surface area contributed by atoms with Crippen molar-refractivity contribution in [3.63, 3.8) is 0 Å². The lowest BCUT2D eigenvalue weighted by Gasteiger charge is -2.21. The molecule has 0 aliphatic carbocycles. The molecule has 0 heterocycles. The van der Waals surface area contributed by atoms with E-state index < -0.39 is 12.1 Å². The second kappa shape index (κ2) is 3.24. The standard InChI is InChI=1S/C8H7F4N/c1-13(8(10,11)12)7-4-2-3-6(9)5-7/h2-5H,1H3. The van der Waals surface area contributed by atoms with Crippen LogP contribution >= 0.6 is 0 Å². The van der Waals surface area contributed by atoms with Gasteiger partial charge in [-0.3, -0.25) is 4.90 Å². The predicted octanol–water partition coefficient (Wildman–Crippen LogP) is 2.78. The second-order valence-corrected chi connectivity index (χ2v) is 2.51. The summed E-state index contributed by atoms with van der Waals surface area (Å²) in [5.41, 5.74) is -0.215. The summed E-state index contributed by atoms with van der Waals surface area (Å²) < 4.78 is 48.7. The summed E-state index contributed by atoms with van der Waals surface area (Å²) in [7, 11) is 0.842. The Bertz CT molecular complexity index is 294. The van der Waals surface area contributed by atoms with Gasteiger partial charge in [-0.15, -0.1) is 0 Å². The van der Waals surface area contributed by atoms with Crippen molar-refractivity contribution in [2.24, 2.45) is 0 Å². The molecule has 0 aliphatic heterocycles. The van der Waals surface area contributed by atoms with Crippen molar-refractivity contribution in [3.05, 3.63) is 30.1 Å². The topological polar surface area (TPSA) is 3.24 Å². The van der Waals surface area contributed by atoms with Gasteiger partial charge in [-0.1, -0.05) is 6.07 Å². The van der Waals surface area contributed by atoms with Crippen LogP contribution < -0.4 is 4.90 Å². The van der Waals surface area contributed by atoms with Gasteiger partial charge >= 0.3 is 6.30 Å². The third kappa shape index (κ3) is 2.34. The molecule has 1 nitrogen and oxygen atoms in total. The number of anilines is 1. The Morgan fingerprint density at radius 1 is 1.23 bits per heavy atom. The summed E-state index contributed by atoms with van der Waals surface area (Å²) in [4.78, 5) is 0.0517. The molecule has 13 heavy (non-hydrogen) atoms. The lowest BCUT2D eigenvalue weighted by atomic mass is 10.3. The molecule has 0 radical (unpaired) electrons. The third-order valence-corrected chi connectivity index (χ3v) is 1.58. The summed E-state index contributed by atoms with van der Waals surface area (Å²) >= 11 is 0. The van der Waals surface area contributed by atoms with E-state index >= 15 is 0 Å². The Labute approximate surface area is 72.6 Å². The largest absolute Gasteiger partial charge is 0.484 e. The van der Waals surface area contributed by atoms with Crippen molar-refractivity contribution in [2.45, 2.75) is 6.30 Å². The van der Waals surface area contributed by atoms with Gasteiger partial charge in [0.25, 0.3) is 0 Å². The maximum atomic E-state index is 12.5. The first kappa shape index (κ1) is 9.83. The SMILES string of the molecule is CN(c1cccc(F)c1)C(F)(F)F. The Morgan fingerprint density at radius 2 is 1.85 bits per heavy atom. The summed E-state index contributed by atoms with van der Waals surface area (Å²) in [5.74, 6) is -0.686. The van der Waals surface area contributed by atoms with Crippen molar-refractivity contribution in [2.75, 3.05) is 11.9 Å². The van der Waals surface area contributed by atoms with Crippen molar-refractivity contribution in [1.82, 2.24) is 0 Å². The first-order valence-electron chi connectivity index (χ1n) is 3.47. The summed E-state index contributed by atoms with van der Waals surface area (Å²) in [5, 5.41) is 0. The number of alkyl halides is 3. The van der Waals surface area contributed by atoms with Gasteiger partial charge in [-0.05, 0) is 18.2 Å². The Balaban J connectivity index is 2.96. The molecule has 0 fully saturated rings. The van der Waals surface area contributed by atoms with E-state index in [0.29, 0.717) is 0 Å². The summed E-state index contributed by atoms with van der Waals surface area (Å²) in [6.07, 6.45) is -4.48. The Hall–Kier alpha value is -1.26. The van der Waals surface area contributed by atoms with E-state index in [4.69, 9.17) is 0 Å². The van der Waals surface area contributed by atoms with Crippen LogP contribution in [-0.2, 0) is 0 Å². The highest BCUT2D eigenvalue weighted by molar-refractivity contribution is 5.46. The van der Waals surface area contributed by atoms with Crippen molar-refractivity contribution in [3.8, 4) is 0 Å². The fraction of sp³-hybridized carbons (Fsp3) is 0.250. The van der Waals surface area contributed by atoms with Gasteiger partial charge < -0.3 is 0 Å². The van der Waals surface area contributed by atoms with Crippen LogP contribution in [0.4, 0.5) is 23.2 Å². The minimum Gasteiger partial charge on any atom is -0.287 e. The van der Waals surface area contributed by atoms with Crippen LogP contribution in [-0.4, -0.2) is 13.3 Å². The monoisotopic (exact) mass is 193 g/mol. The number of benzene rings is 1. The van der Waals surface area contributed by atoms with E-state index in [2.05, 4.69) is 0 Å². The van der Waals surface area contributed by atoms with Crippen molar-refractivity contribution < 1.29 is 17.6 Å². The van der Waals surface area contributed by atoms with Crippen LogP contribution in [0.3, 0.4) is 0 Å². The zero-order valence-electron chi connectivity index (χ0n) is 6.77. The second-order valence-electron chi connectivity index (χ2n) is 2.51. The van der Waals surface area contributed by atoms with Crippen molar-refractivity contribution in [1.29, 1.82) is 0 Å². The molecule has 0 bridgehead atoms. The average Bonchev–Trinajstić information content (AvgIpc) is 2.01. The fourth-order valence-corrected chi connectivity index (χ4v) is 0.831. The first-order valence-corrected chi connectivity index (χ1v) is 3.47. The van der Waals surface area contributed by atoms with Crippen LogP contribution in [0.15, 0.2) is 24.3 Å². The van der Waals surface area contributed by atoms with Crippen LogP contribution in [0.25, 0.3) is 0 Å². The molecule has 0 aromatic heterocycles. The van der Waals surface area contributed by atoms with Gasteiger partial charge in [-0.25, -0.2) is 4.39 Å². The molecule has 1 aromatic rings. The third-order valence-electron chi connectivity index (χ3n) is 1.58. The molecular formula is C8H7F4N. The molecule has 0 unspecified atom stereocenters. The van der Waals surface area contributed by atoms with Gasteiger partial charge in [0.15, 0.2) is 0 Å². The van der Waals surface area contributed by atoms with E-state index in [-0.39, 0.29) is 10.6 Å². The maximum absolute atomic E-state index is 12.5. The molecular weight excluding hydrogens is 186 g/mol. The zero-order valence-corrected chi connectivity index (χ0v) is 6.77. The van der Waals surface area contributed by atoms with Gasteiger partial charge in [0.2, 0.25) is 0 Å². The van der Waals surface area contributed by atoms with Gasteiger partial charge in [-0.2, -0.15) is 13.2 Å². The smallest absolute Gasteiger partial charge is 0.287 e. The molecule has 0 saturated carbocycles. The normalized spacial score (nSPS) is 11.5. The molecule has 1 rings (SSSR count). The maximum Gasteiger partial charge on any atom is 0.484 e. The molecule has 0 aliphatic rings. The molecule has 1 aromatic carbocycles. The van der Waals surface area contributed by atoms with E-state index in [1.54, 1.807) is 0 Å². The lowest BCUT2D eigenvalue weighted by molar-refractivity contribution is -0.125. The summed E-state index contributed by atoms with van der Waals surface area (Å²) in [6, 6.07) is 4.34. The first-order chi connectivity index (χ1) is 5.91. The minimum absolute atomic E-state index is 0.0517. The highest BCUT2D eigenvalue weighted by Gasteiger charge is 2.34. The zero-order chi connectivity index (χ0) is 10.1. The van der Waals surface area contributed by atoms with E-state index in [0.717, 1.165) is 19.2 Å².